The van der Waals surface area contributed by atoms with E-state index in [4.69, 9.17) is 5.11 Å². The van der Waals surface area contributed by atoms with Crippen LogP contribution in [0.3, 0.4) is 0 Å². The van der Waals surface area contributed by atoms with Crippen molar-refractivity contribution in [2.75, 3.05) is 0 Å². The molecule has 0 aliphatic carbocycles. The second kappa shape index (κ2) is 7.58. The van der Waals surface area contributed by atoms with E-state index in [-0.39, 0.29) is 23.2 Å². The summed E-state index contributed by atoms with van der Waals surface area (Å²) in [6, 6.07) is 13.9. The standard InChI is InChI=1S/C22H15FN6O3/c23-17-6-2-5-15(8-17)14-4-1-3-13(7-14)11-28-19-18(10-25-28)26-22(27-20(19)30)29-12-16(9-24-29)21(31)32/h1-10,12H,11H2,(H,31,32)(H,26,27,30). The van der Waals surface area contributed by atoms with Gasteiger partial charge in [-0.3, -0.25) is 4.68 Å². The lowest BCUT2D eigenvalue weighted by Gasteiger charge is -2.08. The maximum atomic E-state index is 13.6. The van der Waals surface area contributed by atoms with E-state index in [9.17, 15) is 14.3 Å². The molecule has 10 heteroatoms. The number of aromatic carboxylic acids is 1. The number of aromatic nitrogens is 6. The van der Waals surface area contributed by atoms with Gasteiger partial charge in [-0.2, -0.15) is 15.2 Å². The first kappa shape index (κ1) is 19.4. The van der Waals surface area contributed by atoms with E-state index in [2.05, 4.69) is 20.2 Å². The molecule has 0 saturated carbocycles. The van der Waals surface area contributed by atoms with E-state index >= 15 is 0 Å². The molecule has 0 aliphatic rings. The Morgan fingerprint density at radius 2 is 1.78 bits per heavy atom. The lowest BCUT2D eigenvalue weighted by molar-refractivity contribution is 0.0697. The van der Waals surface area contributed by atoms with Gasteiger partial charge in [0.05, 0.1) is 24.5 Å². The predicted octanol–water partition coefficient (Wildman–Crippen LogP) is 3.27. The molecule has 0 spiro atoms. The zero-order valence-corrected chi connectivity index (χ0v) is 16.4. The van der Waals surface area contributed by atoms with Gasteiger partial charge in [-0.15, -0.1) is 0 Å². The highest BCUT2D eigenvalue weighted by atomic mass is 19.1. The van der Waals surface area contributed by atoms with Crippen molar-refractivity contribution in [3.63, 3.8) is 0 Å². The van der Waals surface area contributed by atoms with E-state index < -0.39 is 5.97 Å². The third kappa shape index (κ3) is 3.54. The Bertz CT molecular complexity index is 1480. The molecule has 9 nitrogen and oxygen atoms in total. The first-order valence-corrected chi connectivity index (χ1v) is 9.54. The second-order valence-corrected chi connectivity index (χ2v) is 7.07. The van der Waals surface area contributed by atoms with Crippen LogP contribution in [-0.2, 0) is 6.54 Å². The molecule has 32 heavy (non-hydrogen) atoms. The summed E-state index contributed by atoms with van der Waals surface area (Å²) in [5.74, 6) is -1.72. The molecule has 3 heterocycles. The lowest BCUT2D eigenvalue weighted by Crippen LogP contribution is -2.05. The van der Waals surface area contributed by atoms with Crippen LogP contribution in [0, 0.1) is 5.82 Å². The molecule has 5 rings (SSSR count). The number of benzene rings is 2. The summed E-state index contributed by atoms with van der Waals surface area (Å²) in [4.78, 5) is 19.4. The zero-order chi connectivity index (χ0) is 22.2. The number of hydrogen-bond acceptors (Lipinski definition) is 6. The molecule has 0 radical (unpaired) electrons. The maximum Gasteiger partial charge on any atom is 0.338 e. The van der Waals surface area contributed by atoms with Gasteiger partial charge in [0.1, 0.15) is 16.9 Å². The van der Waals surface area contributed by atoms with Crippen molar-refractivity contribution in [2.45, 2.75) is 6.54 Å². The molecule has 0 atom stereocenters. The van der Waals surface area contributed by atoms with Gasteiger partial charge < -0.3 is 10.2 Å². The summed E-state index contributed by atoms with van der Waals surface area (Å²) in [6.45, 7) is 0.327. The normalized spacial score (nSPS) is 11.2. The van der Waals surface area contributed by atoms with Crippen LogP contribution in [0.2, 0.25) is 0 Å². The number of carboxylic acids is 1. The fourth-order valence-electron chi connectivity index (χ4n) is 3.42. The molecule has 0 aliphatic heterocycles. The predicted molar refractivity (Wildman–Crippen MR) is 112 cm³/mol. The van der Waals surface area contributed by atoms with E-state index in [1.54, 1.807) is 10.7 Å². The maximum absolute atomic E-state index is 13.6. The number of nitrogens with zero attached hydrogens (tertiary/aromatic N) is 6. The molecule has 158 valence electrons. The number of halogens is 1. The minimum Gasteiger partial charge on any atom is -0.492 e. The Balaban J connectivity index is 1.48. The quantitative estimate of drug-likeness (QED) is 0.439. The Labute approximate surface area is 180 Å². The number of fused-ring (bicyclic) bond motifs is 1. The van der Waals surface area contributed by atoms with Crippen LogP contribution in [0.15, 0.2) is 67.1 Å². The highest BCUT2D eigenvalue weighted by molar-refractivity contribution is 5.87. The van der Waals surface area contributed by atoms with Crippen molar-refractivity contribution < 1.29 is 19.4 Å². The van der Waals surface area contributed by atoms with Gasteiger partial charge in [0, 0.05) is 6.20 Å². The Morgan fingerprint density at radius 1 is 1.00 bits per heavy atom. The number of hydrogen-bond donors (Lipinski definition) is 2. The van der Waals surface area contributed by atoms with Crippen LogP contribution in [0.4, 0.5) is 4.39 Å². The first-order valence-electron chi connectivity index (χ1n) is 9.54. The Morgan fingerprint density at radius 3 is 2.53 bits per heavy atom. The number of aromatic hydroxyl groups is 1. The molecular weight excluding hydrogens is 415 g/mol. The summed E-state index contributed by atoms with van der Waals surface area (Å²) >= 11 is 0. The van der Waals surface area contributed by atoms with Crippen molar-refractivity contribution in [1.29, 1.82) is 0 Å². The van der Waals surface area contributed by atoms with Crippen LogP contribution in [-0.4, -0.2) is 45.7 Å². The minimum atomic E-state index is -1.13. The van der Waals surface area contributed by atoms with Crippen molar-refractivity contribution >= 4 is 17.0 Å². The van der Waals surface area contributed by atoms with Gasteiger partial charge in [-0.25, -0.2) is 18.9 Å². The number of rotatable bonds is 5. The Kier molecular flexibility index (Phi) is 4.59. The lowest BCUT2D eigenvalue weighted by atomic mass is 10.0. The average molecular weight is 430 g/mol. The summed E-state index contributed by atoms with van der Waals surface area (Å²) in [5, 5.41) is 27.8. The molecule has 3 aromatic heterocycles. The van der Waals surface area contributed by atoms with E-state index in [0.29, 0.717) is 17.6 Å². The molecule has 2 N–H and O–H groups in total. The van der Waals surface area contributed by atoms with Crippen LogP contribution in [0.5, 0.6) is 5.88 Å². The summed E-state index contributed by atoms with van der Waals surface area (Å²) in [5.41, 5.74) is 3.18. The topological polar surface area (TPSA) is 119 Å². The van der Waals surface area contributed by atoms with Crippen LogP contribution < -0.4 is 0 Å². The smallest absolute Gasteiger partial charge is 0.338 e. The van der Waals surface area contributed by atoms with Gasteiger partial charge in [-0.05, 0) is 34.9 Å². The number of carboxylic acid groups (broad SMARTS) is 1. The van der Waals surface area contributed by atoms with Gasteiger partial charge in [0.15, 0.2) is 0 Å². The second-order valence-electron chi connectivity index (χ2n) is 7.07. The summed E-state index contributed by atoms with van der Waals surface area (Å²) < 4.78 is 16.3. The fraction of sp³-hybridized carbons (Fsp3) is 0.0455. The minimum absolute atomic E-state index is 0.0233. The largest absolute Gasteiger partial charge is 0.492 e. The van der Waals surface area contributed by atoms with Gasteiger partial charge in [0.25, 0.3) is 5.95 Å². The zero-order valence-electron chi connectivity index (χ0n) is 16.4. The molecule has 0 unspecified atom stereocenters. The molecule has 0 bridgehead atoms. The monoisotopic (exact) mass is 430 g/mol. The van der Waals surface area contributed by atoms with E-state index in [1.165, 1.54) is 35.4 Å². The van der Waals surface area contributed by atoms with E-state index in [0.717, 1.165) is 16.7 Å². The average Bonchev–Trinajstić information content (AvgIpc) is 3.42. The molecule has 0 fully saturated rings. The van der Waals surface area contributed by atoms with Crippen LogP contribution in [0.25, 0.3) is 28.1 Å². The van der Waals surface area contributed by atoms with Gasteiger partial charge in [-0.1, -0.05) is 30.3 Å². The third-order valence-electron chi connectivity index (χ3n) is 4.91. The third-order valence-corrected chi connectivity index (χ3v) is 4.91. The fourth-order valence-corrected chi connectivity index (χ4v) is 3.42. The van der Waals surface area contributed by atoms with E-state index in [1.807, 2.05) is 30.3 Å². The molecule has 5 aromatic rings. The summed E-state index contributed by atoms with van der Waals surface area (Å²) in [6.07, 6.45) is 3.91. The van der Waals surface area contributed by atoms with Gasteiger partial charge >= 0.3 is 5.97 Å². The molecule has 2 aromatic carbocycles. The van der Waals surface area contributed by atoms with Crippen molar-refractivity contribution in [3.05, 3.63) is 84.1 Å². The van der Waals surface area contributed by atoms with Crippen molar-refractivity contribution in [2.24, 2.45) is 0 Å². The highest BCUT2D eigenvalue weighted by Crippen LogP contribution is 2.25. The summed E-state index contributed by atoms with van der Waals surface area (Å²) in [7, 11) is 0. The van der Waals surface area contributed by atoms with Crippen LogP contribution in [0.1, 0.15) is 15.9 Å². The SMILES string of the molecule is O=C(O)c1cnn(-c2nc(O)c3c(cnn3Cc3cccc(-c4cccc(F)c4)c3)n2)c1. The highest BCUT2D eigenvalue weighted by Gasteiger charge is 2.16. The first-order chi connectivity index (χ1) is 15.5. The molecule has 0 amide bonds. The molecule has 0 saturated heterocycles. The van der Waals surface area contributed by atoms with Crippen molar-refractivity contribution in [1.82, 2.24) is 29.5 Å². The van der Waals surface area contributed by atoms with Crippen molar-refractivity contribution in [3.8, 4) is 23.0 Å². The van der Waals surface area contributed by atoms with Gasteiger partial charge in [0.2, 0.25) is 5.88 Å². The Hall–Kier alpha value is -4.60. The van der Waals surface area contributed by atoms with Crippen LogP contribution >= 0.6 is 0 Å². The molecular formula is C22H15FN6O3. The number of carbonyl (C=O) groups is 1.